The molecule has 2 amide bonds. The number of hydrogen-bond acceptors (Lipinski definition) is 7. The molecule has 152 valence electrons. The Kier molecular flexibility index (Phi) is 7.73. The third-order valence-corrected chi connectivity index (χ3v) is 6.68. The van der Waals surface area contributed by atoms with Crippen LogP contribution in [0.5, 0.6) is 0 Å². The summed E-state index contributed by atoms with van der Waals surface area (Å²) in [6, 6.07) is 11.9. The molecule has 2 heterocycles. The molecule has 3 rings (SSSR count). The Labute approximate surface area is 181 Å². The first-order valence-electron chi connectivity index (χ1n) is 8.94. The van der Waals surface area contributed by atoms with Crippen molar-refractivity contribution in [2.75, 3.05) is 11.5 Å². The van der Waals surface area contributed by atoms with E-state index in [-0.39, 0.29) is 23.3 Å². The van der Waals surface area contributed by atoms with Crippen molar-refractivity contribution in [1.82, 2.24) is 25.6 Å². The minimum absolute atomic E-state index is 0.133. The zero-order valence-corrected chi connectivity index (χ0v) is 18.5. The van der Waals surface area contributed by atoms with E-state index < -0.39 is 0 Å². The van der Waals surface area contributed by atoms with Crippen LogP contribution in [-0.2, 0) is 16.1 Å². The molecule has 0 aliphatic carbocycles. The van der Waals surface area contributed by atoms with Crippen molar-refractivity contribution in [3.8, 4) is 10.7 Å². The summed E-state index contributed by atoms with van der Waals surface area (Å²) in [7, 11) is 0. The zero-order valence-electron chi connectivity index (χ0n) is 16.0. The maximum Gasteiger partial charge on any atom is 0.248 e. The van der Waals surface area contributed by atoms with Crippen LogP contribution >= 0.6 is 34.9 Å². The van der Waals surface area contributed by atoms with Crippen LogP contribution in [0.4, 0.5) is 0 Å². The molecule has 3 aromatic rings. The van der Waals surface area contributed by atoms with Crippen LogP contribution in [0, 0.1) is 6.92 Å². The number of amides is 2. The lowest BCUT2D eigenvalue weighted by Gasteiger charge is -2.08. The summed E-state index contributed by atoms with van der Waals surface area (Å²) in [6.45, 7) is 4.73. The first-order chi connectivity index (χ1) is 14.1. The lowest BCUT2D eigenvalue weighted by atomic mass is 10.2. The van der Waals surface area contributed by atoms with Crippen LogP contribution in [0.15, 0.2) is 51.8 Å². The predicted molar refractivity (Wildman–Crippen MR) is 118 cm³/mol. The topological polar surface area (TPSA) is 88.9 Å². The number of thioether (sulfide) groups is 2. The Bertz CT molecular complexity index is 955. The molecule has 0 atom stereocenters. The van der Waals surface area contributed by atoms with Gasteiger partial charge >= 0.3 is 0 Å². The molecule has 0 spiro atoms. The number of aryl methyl sites for hydroxylation is 1. The van der Waals surface area contributed by atoms with E-state index in [2.05, 4.69) is 21.0 Å². The van der Waals surface area contributed by atoms with Crippen LogP contribution in [-0.4, -0.2) is 38.1 Å². The highest BCUT2D eigenvalue weighted by Gasteiger charge is 2.15. The summed E-state index contributed by atoms with van der Waals surface area (Å²) in [5.41, 5.74) is 6.06. The number of rotatable bonds is 8. The molecule has 0 aliphatic rings. The van der Waals surface area contributed by atoms with E-state index in [0.29, 0.717) is 11.7 Å². The highest BCUT2D eigenvalue weighted by Crippen LogP contribution is 2.27. The first kappa shape index (κ1) is 21.4. The molecule has 0 saturated heterocycles. The zero-order chi connectivity index (χ0) is 20.6. The molecule has 2 N–H and O–H groups in total. The van der Waals surface area contributed by atoms with Gasteiger partial charge in [0.15, 0.2) is 11.0 Å². The maximum atomic E-state index is 12.1. The SMILES string of the molecule is CCn1c(SCC(=O)NNC(=O)CSc2ccc(C)cc2)nnc1-c1cccs1. The monoisotopic (exact) mass is 447 g/mol. The fourth-order valence-corrected chi connectivity index (χ4v) is 4.61. The molecular weight excluding hydrogens is 426 g/mol. The Balaban J connectivity index is 1.43. The van der Waals surface area contributed by atoms with Gasteiger partial charge in [0.25, 0.3) is 0 Å². The Morgan fingerprint density at radius 2 is 1.72 bits per heavy atom. The largest absolute Gasteiger partial charge is 0.302 e. The van der Waals surface area contributed by atoms with Crippen LogP contribution in [0.3, 0.4) is 0 Å². The molecule has 0 unspecified atom stereocenters. The maximum absolute atomic E-state index is 12.1. The van der Waals surface area contributed by atoms with Crippen molar-refractivity contribution >= 4 is 46.7 Å². The van der Waals surface area contributed by atoms with E-state index in [1.165, 1.54) is 29.1 Å². The number of nitrogens with one attached hydrogen (secondary N) is 2. The molecule has 29 heavy (non-hydrogen) atoms. The summed E-state index contributed by atoms with van der Waals surface area (Å²) >= 11 is 4.30. The molecule has 10 heteroatoms. The number of nitrogens with zero attached hydrogens (tertiary/aromatic N) is 3. The van der Waals surface area contributed by atoms with Gasteiger partial charge in [0.1, 0.15) is 0 Å². The van der Waals surface area contributed by atoms with Crippen LogP contribution in [0.2, 0.25) is 0 Å². The van der Waals surface area contributed by atoms with Gasteiger partial charge in [-0.05, 0) is 37.4 Å². The Hall–Kier alpha value is -2.30. The molecule has 0 saturated carbocycles. The highest BCUT2D eigenvalue weighted by molar-refractivity contribution is 8.00. The molecule has 0 aliphatic heterocycles. The fourth-order valence-electron chi connectivity index (χ4n) is 2.39. The molecule has 7 nitrogen and oxygen atoms in total. The van der Waals surface area contributed by atoms with Crippen molar-refractivity contribution in [2.45, 2.75) is 30.4 Å². The van der Waals surface area contributed by atoms with E-state index in [9.17, 15) is 9.59 Å². The number of hydrazine groups is 1. The van der Waals surface area contributed by atoms with Crippen molar-refractivity contribution in [3.05, 3.63) is 47.3 Å². The average Bonchev–Trinajstić information content (AvgIpc) is 3.39. The van der Waals surface area contributed by atoms with Gasteiger partial charge in [-0.3, -0.25) is 20.4 Å². The van der Waals surface area contributed by atoms with Gasteiger partial charge in [0, 0.05) is 11.4 Å². The Morgan fingerprint density at radius 1 is 1.03 bits per heavy atom. The summed E-state index contributed by atoms with van der Waals surface area (Å²) in [5, 5.41) is 11.1. The second-order valence-electron chi connectivity index (χ2n) is 6.01. The van der Waals surface area contributed by atoms with Crippen LogP contribution in [0.1, 0.15) is 12.5 Å². The van der Waals surface area contributed by atoms with Crippen LogP contribution in [0.25, 0.3) is 10.7 Å². The molecule has 1 aromatic carbocycles. The fraction of sp³-hybridized carbons (Fsp3) is 0.263. The van der Waals surface area contributed by atoms with E-state index in [0.717, 1.165) is 15.6 Å². The molecule has 2 aromatic heterocycles. The van der Waals surface area contributed by atoms with Gasteiger partial charge < -0.3 is 4.57 Å². The van der Waals surface area contributed by atoms with Crippen LogP contribution < -0.4 is 10.9 Å². The van der Waals surface area contributed by atoms with Crippen molar-refractivity contribution in [1.29, 1.82) is 0 Å². The second kappa shape index (κ2) is 10.5. The number of carbonyl (C=O) groups excluding carboxylic acids is 2. The van der Waals surface area contributed by atoms with E-state index in [4.69, 9.17) is 0 Å². The van der Waals surface area contributed by atoms with E-state index in [1.807, 2.05) is 60.2 Å². The summed E-state index contributed by atoms with van der Waals surface area (Å²) in [5.74, 6) is 0.600. The Morgan fingerprint density at radius 3 is 2.34 bits per heavy atom. The van der Waals surface area contributed by atoms with Crippen molar-refractivity contribution in [2.24, 2.45) is 0 Å². The molecule has 0 bridgehead atoms. The van der Waals surface area contributed by atoms with Gasteiger partial charge in [-0.2, -0.15) is 0 Å². The molecule has 0 fully saturated rings. The van der Waals surface area contributed by atoms with Gasteiger partial charge in [0.2, 0.25) is 11.8 Å². The molecule has 0 radical (unpaired) electrons. The number of aromatic nitrogens is 3. The highest BCUT2D eigenvalue weighted by atomic mass is 32.2. The van der Waals surface area contributed by atoms with Gasteiger partial charge in [-0.1, -0.05) is 35.5 Å². The van der Waals surface area contributed by atoms with Crippen molar-refractivity contribution in [3.63, 3.8) is 0 Å². The van der Waals surface area contributed by atoms with Gasteiger partial charge in [-0.25, -0.2) is 0 Å². The van der Waals surface area contributed by atoms with Gasteiger partial charge in [-0.15, -0.1) is 33.3 Å². The first-order valence-corrected chi connectivity index (χ1v) is 11.8. The standard InChI is InChI=1S/C19H21N5O2S3/c1-3-24-18(15-5-4-10-27-15)22-23-19(24)29-12-17(26)21-20-16(25)11-28-14-8-6-13(2)7-9-14/h4-10H,3,11-12H2,1-2H3,(H,20,25)(H,21,26). The van der Waals surface area contributed by atoms with Crippen molar-refractivity contribution < 1.29 is 9.59 Å². The quantitative estimate of drug-likeness (QED) is 0.407. The van der Waals surface area contributed by atoms with E-state index in [1.54, 1.807) is 11.3 Å². The average molecular weight is 448 g/mol. The lowest BCUT2D eigenvalue weighted by molar-refractivity contribution is -0.126. The number of carbonyl (C=O) groups is 2. The second-order valence-corrected chi connectivity index (χ2v) is 8.95. The van der Waals surface area contributed by atoms with Gasteiger partial charge in [0.05, 0.1) is 16.4 Å². The third-order valence-electron chi connectivity index (χ3n) is 3.84. The summed E-state index contributed by atoms with van der Waals surface area (Å²) in [6.07, 6.45) is 0. The minimum atomic E-state index is -0.299. The third kappa shape index (κ3) is 6.09. The minimum Gasteiger partial charge on any atom is -0.302 e. The number of hydrogen-bond donors (Lipinski definition) is 2. The van der Waals surface area contributed by atoms with E-state index >= 15 is 0 Å². The summed E-state index contributed by atoms with van der Waals surface area (Å²) in [4.78, 5) is 26.0. The number of benzene rings is 1. The smallest absolute Gasteiger partial charge is 0.248 e. The lowest BCUT2D eigenvalue weighted by Crippen LogP contribution is -2.43. The normalized spacial score (nSPS) is 10.7. The number of thiophene rings is 1. The summed E-state index contributed by atoms with van der Waals surface area (Å²) < 4.78 is 1.97. The molecular formula is C19H21N5O2S3. The predicted octanol–water partition coefficient (Wildman–Crippen LogP) is 3.37.